The van der Waals surface area contributed by atoms with Gasteiger partial charge in [0.25, 0.3) is 0 Å². The van der Waals surface area contributed by atoms with Gasteiger partial charge >= 0.3 is 6.03 Å². The number of hydrogen-bond donors (Lipinski definition) is 1. The molecule has 0 spiro atoms. The first-order valence-electron chi connectivity index (χ1n) is 8.38. The zero-order valence-electron chi connectivity index (χ0n) is 14.3. The van der Waals surface area contributed by atoms with Crippen molar-refractivity contribution in [1.29, 1.82) is 0 Å². The molecule has 24 heavy (non-hydrogen) atoms. The van der Waals surface area contributed by atoms with Gasteiger partial charge in [-0.05, 0) is 43.2 Å². The molecule has 1 aliphatic heterocycles. The number of carbonyl (C=O) groups excluding carboxylic acids is 1. The van der Waals surface area contributed by atoms with E-state index in [4.69, 9.17) is 0 Å². The van der Waals surface area contributed by atoms with E-state index in [1.807, 2.05) is 23.1 Å². The van der Waals surface area contributed by atoms with Crippen molar-refractivity contribution in [3.05, 3.63) is 59.4 Å². The summed E-state index contributed by atoms with van der Waals surface area (Å²) in [6, 6.07) is 12.2. The summed E-state index contributed by atoms with van der Waals surface area (Å²) in [4.78, 5) is 20.8. The summed E-state index contributed by atoms with van der Waals surface area (Å²) in [7, 11) is 0. The van der Waals surface area contributed by atoms with E-state index in [2.05, 4.69) is 47.2 Å². The van der Waals surface area contributed by atoms with Crippen LogP contribution in [0.3, 0.4) is 0 Å². The molecule has 0 atom stereocenters. The highest BCUT2D eigenvalue weighted by Gasteiger charge is 2.21. The molecule has 3 rings (SSSR count). The molecule has 0 unspecified atom stereocenters. The molecule has 1 N–H and O–H groups in total. The van der Waals surface area contributed by atoms with Gasteiger partial charge in [0.15, 0.2) is 0 Å². The molecule has 5 nitrogen and oxygen atoms in total. The number of nitrogens with zero attached hydrogens (tertiary/aromatic N) is 3. The van der Waals surface area contributed by atoms with E-state index in [0.29, 0.717) is 6.54 Å². The number of piperazine rings is 1. The molecule has 0 bridgehead atoms. The number of nitrogens with one attached hydrogen (secondary N) is 1. The van der Waals surface area contributed by atoms with Crippen LogP contribution in [0.5, 0.6) is 0 Å². The average molecular weight is 324 g/mol. The van der Waals surface area contributed by atoms with Gasteiger partial charge in [-0.15, -0.1) is 0 Å². The normalized spacial score (nSPS) is 14.6. The quantitative estimate of drug-likeness (QED) is 0.944. The van der Waals surface area contributed by atoms with Crippen molar-refractivity contribution in [3.63, 3.8) is 0 Å². The van der Waals surface area contributed by atoms with Crippen molar-refractivity contribution < 1.29 is 4.79 Å². The van der Waals surface area contributed by atoms with Crippen molar-refractivity contribution >= 4 is 11.7 Å². The van der Waals surface area contributed by atoms with Gasteiger partial charge in [0.2, 0.25) is 0 Å². The number of rotatable bonds is 3. The maximum Gasteiger partial charge on any atom is 0.317 e. The highest BCUT2D eigenvalue weighted by atomic mass is 16.2. The van der Waals surface area contributed by atoms with Crippen LogP contribution in [0.25, 0.3) is 0 Å². The summed E-state index contributed by atoms with van der Waals surface area (Å²) in [5.41, 5.74) is 4.71. The van der Waals surface area contributed by atoms with E-state index in [0.717, 1.165) is 31.9 Å². The Balaban J connectivity index is 1.53. The smallest absolute Gasteiger partial charge is 0.317 e. The molecule has 1 aromatic carbocycles. The van der Waals surface area contributed by atoms with Crippen LogP contribution in [0.2, 0.25) is 0 Å². The van der Waals surface area contributed by atoms with Gasteiger partial charge in [0.1, 0.15) is 0 Å². The summed E-state index contributed by atoms with van der Waals surface area (Å²) in [6.45, 7) is 7.92. The van der Waals surface area contributed by atoms with Gasteiger partial charge in [-0.2, -0.15) is 0 Å². The van der Waals surface area contributed by atoms with Gasteiger partial charge in [-0.25, -0.2) is 4.79 Å². The van der Waals surface area contributed by atoms with Crippen LogP contribution in [-0.2, 0) is 6.54 Å². The Morgan fingerprint density at radius 1 is 1.12 bits per heavy atom. The van der Waals surface area contributed by atoms with Crippen LogP contribution >= 0.6 is 0 Å². The number of pyridine rings is 1. The zero-order valence-corrected chi connectivity index (χ0v) is 14.3. The summed E-state index contributed by atoms with van der Waals surface area (Å²) < 4.78 is 0. The lowest BCUT2D eigenvalue weighted by molar-refractivity contribution is 0.194. The van der Waals surface area contributed by atoms with Gasteiger partial charge in [-0.3, -0.25) is 4.98 Å². The fourth-order valence-electron chi connectivity index (χ4n) is 2.99. The molecule has 1 aliphatic rings. The minimum Gasteiger partial charge on any atom is -0.368 e. The van der Waals surface area contributed by atoms with Gasteiger partial charge < -0.3 is 15.1 Å². The average Bonchev–Trinajstić information content (AvgIpc) is 2.63. The third-order valence-electron chi connectivity index (χ3n) is 4.42. The number of aryl methyl sites for hydroxylation is 2. The largest absolute Gasteiger partial charge is 0.368 e. The molecule has 2 amide bonds. The molecule has 126 valence electrons. The van der Waals surface area contributed by atoms with E-state index in [-0.39, 0.29) is 6.03 Å². The molecular formula is C19H24N4O. The minimum absolute atomic E-state index is 0.0127. The SMILES string of the molecule is Cc1ccc(C)c(N2CCN(C(=O)NCc3ccccn3)CC2)c1. The van der Waals surface area contributed by atoms with Crippen LogP contribution < -0.4 is 10.2 Å². The van der Waals surface area contributed by atoms with Gasteiger partial charge in [-0.1, -0.05) is 18.2 Å². The first kappa shape index (κ1) is 16.3. The van der Waals surface area contributed by atoms with Crippen molar-refractivity contribution in [1.82, 2.24) is 15.2 Å². The number of anilines is 1. The van der Waals surface area contributed by atoms with Crippen molar-refractivity contribution in [2.24, 2.45) is 0 Å². The second-order valence-electron chi connectivity index (χ2n) is 6.24. The van der Waals surface area contributed by atoms with E-state index in [1.165, 1.54) is 16.8 Å². The van der Waals surface area contributed by atoms with E-state index in [9.17, 15) is 4.79 Å². The monoisotopic (exact) mass is 324 g/mol. The maximum atomic E-state index is 12.3. The summed E-state index contributed by atoms with van der Waals surface area (Å²) >= 11 is 0. The molecule has 1 saturated heterocycles. The van der Waals surface area contributed by atoms with Gasteiger partial charge in [0.05, 0.1) is 12.2 Å². The highest BCUT2D eigenvalue weighted by Crippen LogP contribution is 2.22. The Morgan fingerprint density at radius 2 is 1.92 bits per heavy atom. The standard InChI is InChI=1S/C19H24N4O/c1-15-6-7-16(2)18(13-15)22-9-11-23(12-10-22)19(24)21-14-17-5-3-4-8-20-17/h3-8,13H,9-12,14H2,1-2H3,(H,21,24). The second kappa shape index (κ2) is 7.34. The lowest BCUT2D eigenvalue weighted by atomic mass is 10.1. The first-order chi connectivity index (χ1) is 11.6. The Bertz CT molecular complexity index is 694. The zero-order chi connectivity index (χ0) is 16.9. The minimum atomic E-state index is -0.0127. The molecule has 1 fully saturated rings. The lowest BCUT2D eigenvalue weighted by Crippen LogP contribution is -2.51. The predicted molar refractivity (Wildman–Crippen MR) is 96.2 cm³/mol. The number of benzene rings is 1. The predicted octanol–water partition coefficient (Wildman–Crippen LogP) is 2.73. The van der Waals surface area contributed by atoms with E-state index < -0.39 is 0 Å². The third kappa shape index (κ3) is 3.85. The molecule has 0 aliphatic carbocycles. The molecule has 2 heterocycles. The van der Waals surface area contributed by atoms with Crippen LogP contribution in [-0.4, -0.2) is 42.1 Å². The van der Waals surface area contributed by atoms with Crippen molar-refractivity contribution in [2.75, 3.05) is 31.1 Å². The third-order valence-corrected chi connectivity index (χ3v) is 4.42. The number of carbonyl (C=O) groups is 1. The number of aromatic nitrogens is 1. The number of amides is 2. The van der Waals surface area contributed by atoms with E-state index in [1.54, 1.807) is 6.20 Å². The lowest BCUT2D eigenvalue weighted by Gasteiger charge is -2.36. The number of urea groups is 1. The fourth-order valence-corrected chi connectivity index (χ4v) is 2.99. The maximum absolute atomic E-state index is 12.3. The molecule has 0 saturated carbocycles. The van der Waals surface area contributed by atoms with Crippen LogP contribution in [0.4, 0.5) is 10.5 Å². The Hall–Kier alpha value is -2.56. The molecule has 0 radical (unpaired) electrons. The first-order valence-corrected chi connectivity index (χ1v) is 8.38. The van der Waals surface area contributed by atoms with E-state index >= 15 is 0 Å². The Kier molecular flexibility index (Phi) is 4.99. The fraction of sp³-hybridized carbons (Fsp3) is 0.368. The van der Waals surface area contributed by atoms with Crippen LogP contribution in [0.15, 0.2) is 42.6 Å². The van der Waals surface area contributed by atoms with Crippen molar-refractivity contribution in [3.8, 4) is 0 Å². The topological polar surface area (TPSA) is 48.5 Å². The number of hydrogen-bond acceptors (Lipinski definition) is 3. The van der Waals surface area contributed by atoms with Crippen LogP contribution in [0, 0.1) is 13.8 Å². The summed E-state index contributed by atoms with van der Waals surface area (Å²) in [6.07, 6.45) is 1.74. The summed E-state index contributed by atoms with van der Waals surface area (Å²) in [5.74, 6) is 0. The highest BCUT2D eigenvalue weighted by molar-refractivity contribution is 5.74. The second-order valence-corrected chi connectivity index (χ2v) is 6.24. The van der Waals surface area contributed by atoms with Crippen molar-refractivity contribution in [2.45, 2.75) is 20.4 Å². The molecule has 1 aromatic heterocycles. The Labute approximate surface area is 143 Å². The van der Waals surface area contributed by atoms with Gasteiger partial charge in [0, 0.05) is 38.1 Å². The molecule has 2 aromatic rings. The Morgan fingerprint density at radius 3 is 2.62 bits per heavy atom. The molecule has 5 heteroatoms. The van der Waals surface area contributed by atoms with Crippen LogP contribution in [0.1, 0.15) is 16.8 Å². The summed E-state index contributed by atoms with van der Waals surface area (Å²) in [5, 5.41) is 2.95. The molecular weight excluding hydrogens is 300 g/mol.